The van der Waals surface area contributed by atoms with Gasteiger partial charge >= 0.3 is 0 Å². The Morgan fingerprint density at radius 2 is 2.07 bits per heavy atom. The van der Waals surface area contributed by atoms with Crippen molar-refractivity contribution in [3.63, 3.8) is 0 Å². The van der Waals surface area contributed by atoms with Gasteiger partial charge in [-0.1, -0.05) is 35.9 Å². The molecule has 0 aliphatic rings. The first-order valence-electron chi connectivity index (χ1n) is 4.35. The number of fused-ring (bicyclic) bond motifs is 1. The lowest BCUT2D eigenvalue weighted by molar-refractivity contribution is 1.27. The third kappa shape index (κ3) is 1.57. The summed E-state index contributed by atoms with van der Waals surface area (Å²) in [5.74, 6) is 0. The van der Waals surface area contributed by atoms with E-state index in [-0.39, 0.29) is 0 Å². The first-order valence-corrected chi connectivity index (χ1v) is 4.73. The van der Waals surface area contributed by atoms with Crippen molar-refractivity contribution in [2.24, 2.45) is 0 Å². The van der Waals surface area contributed by atoms with Crippen LogP contribution in [0.4, 0.5) is 0 Å². The molecule has 0 fully saturated rings. The smallest absolute Gasteiger partial charge is 0.0669 e. The molecule has 2 heteroatoms. The van der Waals surface area contributed by atoms with Crippen molar-refractivity contribution in [3.05, 3.63) is 47.0 Å². The summed E-state index contributed by atoms with van der Waals surface area (Å²) in [6.45, 7) is 0. The second-order valence-electron chi connectivity index (χ2n) is 3.13. The molecule has 0 unspecified atom stereocenters. The fourth-order valence-corrected chi connectivity index (χ4v) is 1.72. The van der Waals surface area contributed by atoms with Crippen LogP contribution in [0.2, 0.25) is 5.02 Å². The average Bonchev–Trinajstić information content (AvgIpc) is 2.20. The lowest BCUT2D eigenvalue weighted by Gasteiger charge is -2.01. The summed E-state index contributed by atoms with van der Waals surface area (Å²) in [5.41, 5.74) is 1.01. The van der Waals surface area contributed by atoms with Crippen LogP contribution in [0.15, 0.2) is 36.4 Å². The molecule has 0 amide bonds. The third-order valence-corrected chi connectivity index (χ3v) is 2.51. The van der Waals surface area contributed by atoms with Crippen LogP contribution >= 0.6 is 11.6 Å². The summed E-state index contributed by atoms with van der Waals surface area (Å²) in [7, 11) is 0. The zero-order valence-electron chi connectivity index (χ0n) is 7.50. The van der Waals surface area contributed by atoms with Crippen LogP contribution in [0.3, 0.4) is 0 Å². The third-order valence-electron chi connectivity index (χ3n) is 2.18. The molecule has 68 valence electrons. The fourth-order valence-electron chi connectivity index (χ4n) is 1.48. The molecule has 0 atom stereocenters. The zero-order chi connectivity index (χ0) is 9.97. The quantitative estimate of drug-likeness (QED) is 0.692. The second kappa shape index (κ2) is 3.69. The first-order chi connectivity index (χ1) is 6.81. The van der Waals surface area contributed by atoms with Gasteiger partial charge in [-0.05, 0) is 23.1 Å². The standard InChI is InChI=1S/C12H8ClN/c13-12-3-1-2-10-5-4-9(6-7-14)8-11(10)12/h1-5,8H,6H2. The largest absolute Gasteiger partial charge is 0.198 e. The predicted molar refractivity (Wildman–Crippen MR) is 58.3 cm³/mol. The van der Waals surface area contributed by atoms with E-state index in [2.05, 4.69) is 6.07 Å². The Bertz CT molecular complexity index is 511. The van der Waals surface area contributed by atoms with Crippen LogP contribution < -0.4 is 0 Å². The number of rotatable bonds is 1. The highest BCUT2D eigenvalue weighted by atomic mass is 35.5. The molecular weight excluding hydrogens is 194 g/mol. The maximum absolute atomic E-state index is 8.58. The molecule has 0 aliphatic heterocycles. The molecule has 0 spiro atoms. The molecule has 0 heterocycles. The number of nitriles is 1. The van der Waals surface area contributed by atoms with E-state index in [1.807, 2.05) is 36.4 Å². The van der Waals surface area contributed by atoms with Crippen molar-refractivity contribution < 1.29 is 0 Å². The van der Waals surface area contributed by atoms with Gasteiger partial charge in [-0.3, -0.25) is 0 Å². The highest BCUT2D eigenvalue weighted by molar-refractivity contribution is 6.35. The average molecular weight is 202 g/mol. The highest BCUT2D eigenvalue weighted by Crippen LogP contribution is 2.24. The van der Waals surface area contributed by atoms with E-state index < -0.39 is 0 Å². The van der Waals surface area contributed by atoms with Gasteiger partial charge in [0.2, 0.25) is 0 Å². The minimum atomic E-state index is 0.432. The Labute approximate surface area is 87.5 Å². The second-order valence-corrected chi connectivity index (χ2v) is 3.54. The number of benzene rings is 2. The molecule has 0 aliphatic carbocycles. The molecule has 14 heavy (non-hydrogen) atoms. The summed E-state index contributed by atoms with van der Waals surface area (Å²) in [6.07, 6.45) is 0.432. The maximum atomic E-state index is 8.58. The number of halogens is 1. The van der Waals surface area contributed by atoms with Crippen LogP contribution in [0.25, 0.3) is 10.8 Å². The Morgan fingerprint density at radius 1 is 1.21 bits per heavy atom. The molecule has 0 aromatic heterocycles. The van der Waals surface area contributed by atoms with Crippen LogP contribution in [-0.4, -0.2) is 0 Å². The number of hydrogen-bond donors (Lipinski definition) is 0. The Hall–Kier alpha value is -1.52. The van der Waals surface area contributed by atoms with Crippen molar-refractivity contribution in [1.82, 2.24) is 0 Å². The molecule has 0 bridgehead atoms. The summed E-state index contributed by atoms with van der Waals surface area (Å²) in [4.78, 5) is 0. The van der Waals surface area contributed by atoms with Crippen molar-refractivity contribution in [1.29, 1.82) is 5.26 Å². The maximum Gasteiger partial charge on any atom is 0.0669 e. The summed E-state index contributed by atoms with van der Waals surface area (Å²) >= 11 is 6.05. The van der Waals surface area contributed by atoms with Crippen molar-refractivity contribution in [3.8, 4) is 6.07 Å². The van der Waals surface area contributed by atoms with Crippen LogP contribution in [-0.2, 0) is 6.42 Å². The molecule has 0 saturated heterocycles. The minimum absolute atomic E-state index is 0.432. The number of nitrogens with zero attached hydrogens (tertiary/aromatic N) is 1. The van der Waals surface area contributed by atoms with Gasteiger partial charge in [0.25, 0.3) is 0 Å². The van der Waals surface area contributed by atoms with Crippen molar-refractivity contribution in [2.75, 3.05) is 0 Å². The SMILES string of the molecule is N#CCc1ccc2cccc(Cl)c2c1. The van der Waals surface area contributed by atoms with Gasteiger partial charge in [-0.2, -0.15) is 5.26 Å². The van der Waals surface area contributed by atoms with Crippen molar-refractivity contribution in [2.45, 2.75) is 6.42 Å². The molecular formula is C12H8ClN. The lowest BCUT2D eigenvalue weighted by Crippen LogP contribution is -1.82. The number of hydrogen-bond acceptors (Lipinski definition) is 1. The van der Waals surface area contributed by atoms with Crippen LogP contribution in [0.5, 0.6) is 0 Å². The van der Waals surface area contributed by atoms with E-state index in [0.29, 0.717) is 6.42 Å². The molecule has 2 rings (SSSR count). The van der Waals surface area contributed by atoms with Crippen molar-refractivity contribution >= 4 is 22.4 Å². The molecule has 1 nitrogen and oxygen atoms in total. The van der Waals surface area contributed by atoms with Gasteiger partial charge in [0, 0.05) is 10.4 Å². The molecule has 2 aromatic rings. The van der Waals surface area contributed by atoms with Gasteiger partial charge < -0.3 is 0 Å². The Kier molecular flexibility index (Phi) is 2.39. The van der Waals surface area contributed by atoms with E-state index in [9.17, 15) is 0 Å². The Balaban J connectivity index is 2.65. The monoisotopic (exact) mass is 201 g/mol. The molecule has 2 aromatic carbocycles. The lowest BCUT2D eigenvalue weighted by atomic mass is 10.1. The van der Waals surface area contributed by atoms with Gasteiger partial charge in [0.15, 0.2) is 0 Å². The van der Waals surface area contributed by atoms with Gasteiger partial charge in [-0.25, -0.2) is 0 Å². The summed E-state index contributed by atoms with van der Waals surface area (Å²) in [5, 5.41) is 11.4. The van der Waals surface area contributed by atoms with Crippen LogP contribution in [0.1, 0.15) is 5.56 Å². The zero-order valence-corrected chi connectivity index (χ0v) is 8.25. The van der Waals surface area contributed by atoms with E-state index in [1.54, 1.807) is 0 Å². The summed E-state index contributed by atoms with van der Waals surface area (Å²) in [6, 6.07) is 13.8. The highest BCUT2D eigenvalue weighted by Gasteiger charge is 1.99. The van der Waals surface area contributed by atoms with Gasteiger partial charge in [-0.15, -0.1) is 0 Å². The van der Waals surface area contributed by atoms with E-state index in [1.165, 1.54) is 0 Å². The van der Waals surface area contributed by atoms with E-state index >= 15 is 0 Å². The predicted octanol–water partition coefficient (Wildman–Crippen LogP) is 3.56. The molecule has 0 saturated carbocycles. The fraction of sp³-hybridized carbons (Fsp3) is 0.0833. The minimum Gasteiger partial charge on any atom is -0.198 e. The normalized spacial score (nSPS) is 10.0. The van der Waals surface area contributed by atoms with E-state index in [4.69, 9.17) is 16.9 Å². The van der Waals surface area contributed by atoms with E-state index in [0.717, 1.165) is 21.4 Å². The molecule has 0 radical (unpaired) electrons. The molecule has 0 N–H and O–H groups in total. The first kappa shape index (κ1) is 9.05. The van der Waals surface area contributed by atoms with Gasteiger partial charge in [0.1, 0.15) is 0 Å². The topological polar surface area (TPSA) is 23.8 Å². The Morgan fingerprint density at radius 3 is 2.86 bits per heavy atom. The van der Waals surface area contributed by atoms with Gasteiger partial charge in [0.05, 0.1) is 12.5 Å². The summed E-state index contributed by atoms with van der Waals surface area (Å²) < 4.78 is 0. The van der Waals surface area contributed by atoms with Crippen LogP contribution in [0, 0.1) is 11.3 Å².